The van der Waals surface area contributed by atoms with E-state index in [-0.39, 0.29) is 46.2 Å². The highest BCUT2D eigenvalue weighted by Crippen LogP contribution is 2.52. The van der Waals surface area contributed by atoms with Crippen LogP contribution in [0.25, 0.3) is 33.3 Å². The van der Waals surface area contributed by atoms with Crippen LogP contribution in [0.1, 0.15) is 28.0 Å². The van der Waals surface area contributed by atoms with Gasteiger partial charge < -0.3 is 29.3 Å². The number of carboxylic acid groups (broad SMARTS) is 2. The Morgan fingerprint density at radius 1 is 1.04 bits per heavy atom. The van der Waals surface area contributed by atoms with Crippen LogP contribution in [0.5, 0.6) is 0 Å². The lowest BCUT2D eigenvalue weighted by Gasteiger charge is -2.31. The van der Waals surface area contributed by atoms with Crippen LogP contribution in [0.15, 0.2) is 47.7 Å². The van der Waals surface area contributed by atoms with Crippen LogP contribution in [0.2, 0.25) is 0 Å². The van der Waals surface area contributed by atoms with Gasteiger partial charge in [0.05, 0.1) is 22.5 Å². The molecule has 1 aliphatic carbocycles. The minimum Gasteiger partial charge on any atom is -0.478 e. The van der Waals surface area contributed by atoms with E-state index in [0.717, 1.165) is 23.9 Å². The quantitative estimate of drug-likeness (QED) is 0.150. The zero-order valence-electron chi connectivity index (χ0n) is 27.5. The Morgan fingerprint density at radius 3 is 2.53 bits per heavy atom. The van der Waals surface area contributed by atoms with Crippen molar-refractivity contribution in [2.75, 3.05) is 43.5 Å². The molecular formula is C35H30F2N6O8. The number of carbonyl (C=O) groups is 4. The molecule has 2 atom stereocenters. The molecule has 3 aromatic heterocycles. The van der Waals surface area contributed by atoms with Crippen molar-refractivity contribution in [2.45, 2.75) is 18.9 Å². The van der Waals surface area contributed by atoms with E-state index in [9.17, 15) is 29.1 Å². The number of halogens is 2. The van der Waals surface area contributed by atoms with Gasteiger partial charge in [0.25, 0.3) is 0 Å². The number of aliphatic carboxylic acids is 1. The van der Waals surface area contributed by atoms with Crippen LogP contribution >= 0.6 is 0 Å². The molecule has 16 heteroatoms. The summed E-state index contributed by atoms with van der Waals surface area (Å²) in [6.45, 7) is 2.12. The fourth-order valence-electron chi connectivity index (χ4n) is 7.54. The van der Waals surface area contributed by atoms with E-state index in [1.54, 1.807) is 13.2 Å². The monoisotopic (exact) mass is 700 g/mol. The largest absolute Gasteiger partial charge is 0.478 e. The summed E-state index contributed by atoms with van der Waals surface area (Å²) in [7, 11) is 4.79. The number of likely N-dealkylation sites (N-methyl/N-ethyl adjacent to an activating group) is 1. The van der Waals surface area contributed by atoms with Gasteiger partial charge in [-0.05, 0) is 31.0 Å². The lowest BCUT2D eigenvalue weighted by Crippen LogP contribution is -2.35. The summed E-state index contributed by atoms with van der Waals surface area (Å²) in [5.74, 6) is -6.27. The van der Waals surface area contributed by atoms with Crippen LogP contribution in [0, 0.1) is 17.6 Å². The number of carboxylic acids is 2. The number of ether oxygens (including phenoxy) is 1. The highest BCUT2D eigenvalue weighted by molar-refractivity contribution is 6.03. The highest BCUT2D eigenvalue weighted by atomic mass is 19.2. The van der Waals surface area contributed by atoms with Crippen LogP contribution in [0.4, 0.5) is 25.0 Å². The summed E-state index contributed by atoms with van der Waals surface area (Å²) in [6.07, 6.45) is 4.87. The van der Waals surface area contributed by atoms with E-state index in [1.807, 2.05) is 7.05 Å². The van der Waals surface area contributed by atoms with Crippen LogP contribution in [-0.2, 0) is 27.8 Å². The van der Waals surface area contributed by atoms with Gasteiger partial charge >= 0.3 is 24.0 Å². The third-order valence-corrected chi connectivity index (χ3v) is 9.78. The second-order valence-electron chi connectivity index (χ2n) is 12.9. The Kier molecular flexibility index (Phi) is 8.13. The van der Waals surface area contributed by atoms with Crippen molar-refractivity contribution in [3.8, 4) is 22.3 Å². The number of rotatable bonds is 6. The Hall–Kier alpha value is -6.03. The predicted molar refractivity (Wildman–Crippen MR) is 179 cm³/mol. The molecule has 1 amide bonds. The van der Waals surface area contributed by atoms with E-state index < -0.39 is 46.6 Å². The number of hydrogen-bond acceptors (Lipinski definition) is 10. The highest BCUT2D eigenvalue weighted by Gasteiger charge is 2.44. The van der Waals surface area contributed by atoms with Gasteiger partial charge in [-0.3, -0.25) is 14.7 Å². The van der Waals surface area contributed by atoms with E-state index in [0.29, 0.717) is 53.3 Å². The van der Waals surface area contributed by atoms with Crippen molar-refractivity contribution in [3.63, 3.8) is 0 Å². The number of esters is 1. The van der Waals surface area contributed by atoms with Crippen molar-refractivity contribution in [1.29, 1.82) is 0 Å². The van der Waals surface area contributed by atoms with Crippen LogP contribution in [0.3, 0.4) is 0 Å². The molecule has 7 rings (SSSR count). The normalized spacial score (nSPS) is 17.9. The average molecular weight is 701 g/mol. The Labute approximate surface area is 287 Å². The number of anilines is 2. The first-order valence-corrected chi connectivity index (χ1v) is 15.9. The molecule has 2 fully saturated rings. The number of aromatic carboxylic acids is 1. The predicted octanol–water partition coefficient (Wildman–Crippen LogP) is 3.42. The van der Waals surface area contributed by atoms with Gasteiger partial charge in [-0.15, -0.1) is 0 Å². The molecule has 262 valence electrons. The Bertz CT molecular complexity index is 2310. The number of aromatic nitrogens is 3. The van der Waals surface area contributed by atoms with E-state index >= 15 is 8.78 Å². The van der Waals surface area contributed by atoms with Crippen molar-refractivity contribution in [3.05, 3.63) is 81.6 Å². The number of hydrogen-bond donors (Lipinski definition) is 2. The average Bonchev–Trinajstić information content (AvgIpc) is 3.78. The third-order valence-electron chi connectivity index (χ3n) is 9.78. The van der Waals surface area contributed by atoms with E-state index in [2.05, 4.69) is 19.8 Å². The first kappa shape index (κ1) is 33.5. The topological polar surface area (TPSA) is 175 Å². The number of pyridine rings is 3. The first-order valence-electron chi connectivity index (χ1n) is 15.9. The minimum absolute atomic E-state index is 0.00260. The summed E-state index contributed by atoms with van der Waals surface area (Å²) in [5, 5.41) is 18.5. The summed E-state index contributed by atoms with van der Waals surface area (Å²) in [4.78, 5) is 75.3. The van der Waals surface area contributed by atoms with Gasteiger partial charge in [0, 0.05) is 105 Å². The van der Waals surface area contributed by atoms with Crippen LogP contribution in [-0.4, -0.2) is 93.4 Å². The molecule has 0 bridgehead atoms. The van der Waals surface area contributed by atoms with Gasteiger partial charge in [-0.1, -0.05) is 0 Å². The summed E-state index contributed by atoms with van der Waals surface area (Å²) in [5.41, 5.74) is 1.16. The lowest BCUT2D eigenvalue weighted by molar-refractivity contribution is -0.134. The van der Waals surface area contributed by atoms with Crippen molar-refractivity contribution in [2.24, 2.45) is 13.0 Å². The smallest absolute Gasteiger partial charge is 0.422 e. The number of benzene rings is 1. The summed E-state index contributed by atoms with van der Waals surface area (Å²) >= 11 is 0. The molecule has 51 heavy (non-hydrogen) atoms. The third kappa shape index (κ3) is 5.57. The molecule has 0 saturated carbocycles. The zero-order valence-corrected chi connectivity index (χ0v) is 27.5. The molecule has 4 aromatic rings. The SMILES string of the molecule is CN1C[C@@H]2CCN(c3c(-c4cnc5c(c4)c(=O)c(C(=O)O)cn5C)cnc4c3-c3c(F)c(F)cc(N(C)C(=O)OC(=O)/C=C/C(=O)O)c3C4)[C@@H]2C1. The molecule has 0 unspecified atom stereocenters. The van der Waals surface area contributed by atoms with Crippen LogP contribution < -0.4 is 15.2 Å². The lowest BCUT2D eigenvalue weighted by atomic mass is 9.96. The summed E-state index contributed by atoms with van der Waals surface area (Å²) in [6, 6.07) is 2.35. The molecule has 0 spiro atoms. The maximum Gasteiger partial charge on any atom is 0.422 e. The molecule has 14 nitrogen and oxygen atoms in total. The van der Waals surface area contributed by atoms with Crippen molar-refractivity contribution < 1.29 is 42.9 Å². The number of amides is 1. The van der Waals surface area contributed by atoms with E-state index in [1.165, 1.54) is 30.1 Å². The first-order chi connectivity index (χ1) is 24.2. The molecule has 2 aliphatic heterocycles. The zero-order chi connectivity index (χ0) is 36.5. The molecule has 2 saturated heterocycles. The molecule has 5 heterocycles. The summed E-state index contributed by atoms with van der Waals surface area (Å²) < 4.78 is 37.9. The van der Waals surface area contributed by atoms with Crippen molar-refractivity contribution in [1.82, 2.24) is 19.4 Å². The minimum atomic E-state index is -1.44. The van der Waals surface area contributed by atoms with Crippen molar-refractivity contribution >= 4 is 46.4 Å². The second kappa shape index (κ2) is 12.4. The Balaban J connectivity index is 1.42. The molecule has 3 aliphatic rings. The molecule has 1 aromatic carbocycles. The standard InChI is InChI=1S/C35H30F2N6O8/c1-40-13-16-6-7-43(25(16)15-40)31-20(17-8-19-32(47)21(34(48)49)14-41(2)33(19)39-11-17)12-38-23-9-18-24(10-22(36)30(37)28(18)29(23)31)42(3)35(50)51-27(46)5-4-26(44)45/h4-5,8,10-12,14,16,25H,6-7,9,13,15H2,1-3H3,(H,44,45)(H,48,49)/b5-4+/t16-,25+/m0/s1. The molecule has 0 radical (unpaired) electrons. The number of aryl methyl sites for hydroxylation is 1. The molecular weight excluding hydrogens is 670 g/mol. The Morgan fingerprint density at radius 2 is 1.80 bits per heavy atom. The fourth-order valence-corrected chi connectivity index (χ4v) is 7.54. The number of fused-ring (bicyclic) bond motifs is 5. The van der Waals surface area contributed by atoms with Gasteiger partial charge in [0.15, 0.2) is 11.6 Å². The van der Waals surface area contributed by atoms with Gasteiger partial charge in [0.1, 0.15) is 11.2 Å². The second-order valence-corrected chi connectivity index (χ2v) is 12.9. The van der Waals surface area contributed by atoms with Gasteiger partial charge in [0.2, 0.25) is 5.43 Å². The number of nitrogens with zero attached hydrogens (tertiary/aromatic N) is 6. The number of likely N-dealkylation sites (tertiary alicyclic amines) is 1. The number of carbonyl (C=O) groups excluding carboxylic acids is 2. The van der Waals surface area contributed by atoms with Gasteiger partial charge in [-0.25, -0.2) is 32.9 Å². The van der Waals surface area contributed by atoms with Gasteiger partial charge in [-0.2, -0.15) is 0 Å². The maximum atomic E-state index is 16.2. The van der Waals surface area contributed by atoms with E-state index in [4.69, 9.17) is 9.84 Å². The fraction of sp³-hybridized carbons (Fsp3) is 0.286. The maximum absolute atomic E-state index is 16.2. The molecule has 2 N–H and O–H groups in total.